The van der Waals surface area contributed by atoms with Crippen LogP contribution in [0.15, 0.2) is 58.4 Å². The monoisotopic (exact) mass is 346 g/mol. The number of carbonyl (C=O) groups is 1. The largest absolute Gasteiger partial charge is 0.350 e. The summed E-state index contributed by atoms with van der Waals surface area (Å²) in [4.78, 5) is 24.3. The van der Waals surface area contributed by atoms with E-state index in [1.807, 2.05) is 0 Å². The van der Waals surface area contributed by atoms with Crippen LogP contribution in [0.5, 0.6) is 0 Å². The number of benzene rings is 1. The number of pyridine rings is 1. The number of amides is 1. The maximum absolute atomic E-state index is 12.1. The Morgan fingerprint density at radius 1 is 1.17 bits per heavy atom. The molecule has 0 atom stereocenters. The van der Waals surface area contributed by atoms with Gasteiger partial charge in [0, 0.05) is 18.1 Å². The summed E-state index contributed by atoms with van der Waals surface area (Å²) >= 11 is 0. The van der Waals surface area contributed by atoms with Crippen molar-refractivity contribution in [2.45, 2.75) is 11.4 Å². The van der Waals surface area contributed by atoms with Gasteiger partial charge in [0.15, 0.2) is 15.5 Å². The highest BCUT2D eigenvalue weighted by Crippen LogP contribution is 2.13. The lowest BCUT2D eigenvalue weighted by Gasteiger charge is -2.05. The molecule has 3 aromatic rings. The Morgan fingerprint density at radius 2 is 1.88 bits per heavy atom. The van der Waals surface area contributed by atoms with E-state index >= 15 is 0 Å². The minimum absolute atomic E-state index is 0.164. The second-order valence-corrected chi connectivity index (χ2v) is 7.23. The van der Waals surface area contributed by atoms with Crippen molar-refractivity contribution in [3.05, 3.63) is 59.1 Å². The molecule has 24 heavy (non-hydrogen) atoms. The molecule has 2 heterocycles. The highest BCUT2D eigenvalue weighted by molar-refractivity contribution is 7.90. The van der Waals surface area contributed by atoms with Gasteiger partial charge in [-0.2, -0.15) is 0 Å². The van der Waals surface area contributed by atoms with Gasteiger partial charge in [0.1, 0.15) is 6.54 Å². The van der Waals surface area contributed by atoms with Crippen molar-refractivity contribution in [3.8, 4) is 0 Å². The molecule has 0 radical (unpaired) electrons. The third kappa shape index (κ3) is 3.20. The fourth-order valence-electron chi connectivity index (χ4n) is 2.19. The molecule has 0 aliphatic carbocycles. The first-order valence-electron chi connectivity index (χ1n) is 6.99. The van der Waals surface area contributed by atoms with Crippen molar-refractivity contribution in [1.82, 2.24) is 14.2 Å². The summed E-state index contributed by atoms with van der Waals surface area (Å²) < 4.78 is 25.2. The van der Waals surface area contributed by atoms with Gasteiger partial charge >= 0.3 is 5.69 Å². The normalized spacial score (nSPS) is 11.5. The van der Waals surface area contributed by atoms with E-state index in [1.165, 1.54) is 28.7 Å². The number of fused-ring (bicyclic) bond motifs is 1. The summed E-state index contributed by atoms with van der Waals surface area (Å²) in [5.41, 5.74) is 0.477. The topological polar surface area (TPSA) is 103 Å². The van der Waals surface area contributed by atoms with Crippen LogP contribution in [0.4, 0.5) is 5.69 Å². The van der Waals surface area contributed by atoms with E-state index in [2.05, 4.69) is 10.4 Å². The third-order valence-corrected chi connectivity index (χ3v) is 4.48. The van der Waals surface area contributed by atoms with Gasteiger partial charge in [-0.25, -0.2) is 17.9 Å². The molecule has 0 aliphatic heterocycles. The van der Waals surface area contributed by atoms with E-state index in [1.54, 1.807) is 24.4 Å². The molecule has 9 heteroatoms. The fourth-order valence-corrected chi connectivity index (χ4v) is 2.82. The first kappa shape index (κ1) is 15.9. The highest BCUT2D eigenvalue weighted by Gasteiger charge is 2.11. The summed E-state index contributed by atoms with van der Waals surface area (Å²) in [6.07, 6.45) is 2.68. The molecular formula is C15H14N4O4S. The number of nitrogens with zero attached hydrogens (tertiary/aromatic N) is 3. The average Bonchev–Trinajstić information content (AvgIpc) is 2.83. The van der Waals surface area contributed by atoms with E-state index in [4.69, 9.17) is 0 Å². The van der Waals surface area contributed by atoms with Crippen LogP contribution < -0.4 is 11.0 Å². The average molecular weight is 346 g/mol. The molecular weight excluding hydrogens is 332 g/mol. The number of hydrogen-bond donors (Lipinski definition) is 1. The zero-order valence-corrected chi connectivity index (χ0v) is 13.5. The molecule has 124 valence electrons. The Balaban J connectivity index is 1.75. The third-order valence-electron chi connectivity index (χ3n) is 3.35. The standard InChI is InChI=1S/C15H14N4O4S/c1-24(22,23)12-7-5-11(6-8-12)16-14(20)10-19-15(21)18-9-3-2-4-13(18)17-19/h2-9H,10H2,1H3,(H,16,20). The number of hydrogen-bond acceptors (Lipinski definition) is 5. The number of carbonyl (C=O) groups excluding carboxylic acids is 1. The maximum atomic E-state index is 12.1. The summed E-state index contributed by atoms with van der Waals surface area (Å²) in [5.74, 6) is -0.437. The van der Waals surface area contributed by atoms with Crippen molar-refractivity contribution in [2.24, 2.45) is 0 Å². The van der Waals surface area contributed by atoms with Gasteiger partial charge in [0.2, 0.25) is 5.91 Å². The number of anilines is 1. The van der Waals surface area contributed by atoms with Crippen LogP contribution in [0.2, 0.25) is 0 Å². The SMILES string of the molecule is CS(=O)(=O)c1ccc(NC(=O)Cn2nc3ccccn3c2=O)cc1. The van der Waals surface area contributed by atoms with E-state index in [0.29, 0.717) is 11.3 Å². The van der Waals surface area contributed by atoms with Gasteiger partial charge in [-0.05, 0) is 36.4 Å². The Hall–Kier alpha value is -2.94. The van der Waals surface area contributed by atoms with E-state index < -0.39 is 21.4 Å². The number of sulfone groups is 1. The zero-order chi connectivity index (χ0) is 17.3. The van der Waals surface area contributed by atoms with Crippen LogP contribution in [0.3, 0.4) is 0 Å². The number of aromatic nitrogens is 3. The van der Waals surface area contributed by atoms with Crippen LogP contribution >= 0.6 is 0 Å². The van der Waals surface area contributed by atoms with Crippen LogP contribution in [0, 0.1) is 0 Å². The number of nitrogens with one attached hydrogen (secondary N) is 1. The van der Waals surface area contributed by atoms with Crippen LogP contribution in [0.25, 0.3) is 5.65 Å². The van der Waals surface area contributed by atoms with Crippen LogP contribution in [-0.2, 0) is 21.2 Å². The Labute approximate surface area is 137 Å². The van der Waals surface area contributed by atoms with Gasteiger partial charge in [-0.15, -0.1) is 5.10 Å². The van der Waals surface area contributed by atoms with Gasteiger partial charge in [-0.1, -0.05) is 6.07 Å². The minimum Gasteiger partial charge on any atom is -0.324 e. The van der Waals surface area contributed by atoms with E-state index in [0.717, 1.165) is 10.9 Å². The molecule has 0 bridgehead atoms. The zero-order valence-electron chi connectivity index (χ0n) is 12.7. The fraction of sp³-hybridized carbons (Fsp3) is 0.133. The van der Waals surface area contributed by atoms with Crippen molar-refractivity contribution >= 4 is 27.1 Å². The van der Waals surface area contributed by atoms with Gasteiger partial charge in [0.05, 0.1) is 4.90 Å². The van der Waals surface area contributed by atoms with Crippen LogP contribution in [0.1, 0.15) is 0 Å². The molecule has 3 rings (SSSR count). The lowest BCUT2D eigenvalue weighted by Crippen LogP contribution is -2.28. The maximum Gasteiger partial charge on any atom is 0.350 e. The van der Waals surface area contributed by atoms with Crippen molar-refractivity contribution in [3.63, 3.8) is 0 Å². The predicted octanol–water partition coefficient (Wildman–Crippen LogP) is 0.538. The lowest BCUT2D eigenvalue weighted by atomic mass is 10.3. The molecule has 0 unspecified atom stereocenters. The molecule has 1 aromatic carbocycles. The second-order valence-electron chi connectivity index (χ2n) is 5.21. The van der Waals surface area contributed by atoms with E-state index in [9.17, 15) is 18.0 Å². The highest BCUT2D eigenvalue weighted by atomic mass is 32.2. The summed E-state index contributed by atoms with van der Waals surface area (Å²) in [5, 5.41) is 6.67. The Bertz CT molecular complexity index is 1060. The molecule has 0 spiro atoms. The molecule has 1 N–H and O–H groups in total. The molecule has 0 saturated carbocycles. The Kier molecular flexibility index (Phi) is 3.94. The van der Waals surface area contributed by atoms with E-state index in [-0.39, 0.29) is 11.4 Å². The molecule has 1 amide bonds. The lowest BCUT2D eigenvalue weighted by molar-refractivity contribution is -0.117. The van der Waals surface area contributed by atoms with Crippen molar-refractivity contribution < 1.29 is 13.2 Å². The van der Waals surface area contributed by atoms with Crippen molar-refractivity contribution in [1.29, 1.82) is 0 Å². The van der Waals surface area contributed by atoms with Crippen LogP contribution in [-0.4, -0.2) is 34.8 Å². The molecule has 2 aromatic heterocycles. The molecule has 0 saturated heterocycles. The second kappa shape index (κ2) is 5.93. The summed E-state index contributed by atoms with van der Waals surface area (Å²) in [7, 11) is -3.29. The molecule has 0 fully saturated rings. The molecule has 0 aliphatic rings. The predicted molar refractivity (Wildman–Crippen MR) is 87.6 cm³/mol. The minimum atomic E-state index is -3.29. The first-order valence-corrected chi connectivity index (χ1v) is 8.88. The number of rotatable bonds is 4. The Morgan fingerprint density at radius 3 is 2.50 bits per heavy atom. The first-order chi connectivity index (χ1) is 11.3. The van der Waals surface area contributed by atoms with Gasteiger partial charge in [0.25, 0.3) is 0 Å². The molecule has 8 nitrogen and oxygen atoms in total. The van der Waals surface area contributed by atoms with Crippen molar-refractivity contribution in [2.75, 3.05) is 11.6 Å². The van der Waals surface area contributed by atoms with Gasteiger partial charge < -0.3 is 5.32 Å². The smallest absolute Gasteiger partial charge is 0.324 e. The van der Waals surface area contributed by atoms with Gasteiger partial charge in [-0.3, -0.25) is 9.20 Å². The quantitative estimate of drug-likeness (QED) is 0.743. The summed E-state index contributed by atoms with van der Waals surface area (Å²) in [6.45, 7) is -0.242. The summed E-state index contributed by atoms with van der Waals surface area (Å²) in [6, 6.07) is 10.9.